The van der Waals surface area contributed by atoms with Crippen LogP contribution in [-0.2, 0) is 21.4 Å². The molecule has 0 radical (unpaired) electrons. The number of tetrazole rings is 1. The summed E-state index contributed by atoms with van der Waals surface area (Å²) in [6.45, 7) is 6.28. The van der Waals surface area contributed by atoms with Crippen molar-refractivity contribution in [1.29, 1.82) is 0 Å². The molecule has 0 unspecified atom stereocenters. The molecule has 3 N–H and O–H groups in total. The molecular formula is C28H26Cl2N6O4S. The summed E-state index contributed by atoms with van der Waals surface area (Å²) in [6, 6.07) is 16.7. The summed E-state index contributed by atoms with van der Waals surface area (Å²) in [6.07, 6.45) is -0.105. The fourth-order valence-corrected chi connectivity index (χ4v) is 4.90. The Hall–Kier alpha value is -3.93. The molecule has 0 saturated heterocycles. The zero-order valence-corrected chi connectivity index (χ0v) is 24.6. The molecule has 0 saturated carbocycles. The highest BCUT2D eigenvalue weighted by atomic mass is 35.5. The van der Waals surface area contributed by atoms with Crippen molar-refractivity contribution in [3.05, 3.63) is 87.4 Å². The molecule has 10 nitrogen and oxygen atoms in total. The average molecular weight is 614 g/mol. The Bertz CT molecular complexity index is 1600. The molecule has 2 amide bonds. The van der Waals surface area contributed by atoms with Crippen LogP contribution in [-0.4, -0.2) is 48.9 Å². The van der Waals surface area contributed by atoms with Crippen LogP contribution in [0.5, 0.6) is 0 Å². The van der Waals surface area contributed by atoms with Crippen LogP contribution in [0.3, 0.4) is 0 Å². The molecule has 3 aromatic carbocycles. The highest BCUT2D eigenvalue weighted by molar-refractivity contribution is 7.99. The molecule has 0 spiro atoms. The van der Waals surface area contributed by atoms with E-state index >= 15 is 0 Å². The van der Waals surface area contributed by atoms with E-state index in [9.17, 15) is 14.4 Å². The zero-order chi connectivity index (χ0) is 29.7. The van der Waals surface area contributed by atoms with E-state index in [0.717, 1.165) is 17.3 Å². The minimum Gasteiger partial charge on any atom is -0.481 e. The van der Waals surface area contributed by atoms with Crippen LogP contribution in [0.1, 0.15) is 42.3 Å². The van der Waals surface area contributed by atoms with Crippen molar-refractivity contribution in [2.24, 2.45) is 0 Å². The van der Waals surface area contributed by atoms with Gasteiger partial charge in [-0.1, -0.05) is 73.9 Å². The van der Waals surface area contributed by atoms with Crippen molar-refractivity contribution < 1.29 is 19.5 Å². The Balaban J connectivity index is 1.36. The number of anilines is 2. The number of carbonyl (C=O) groups is 3. The SMILES string of the molecule is CC(C)(C)c1ccc(-n2nnnc2SCC(=O)Nc2ccc(C(=O)Nc3ccc(CC(=O)O)cc3)cc2Cl)c(Cl)c1. The number of halogens is 2. The lowest BCUT2D eigenvalue weighted by Gasteiger charge is -2.20. The average Bonchev–Trinajstić information content (AvgIpc) is 3.37. The number of benzene rings is 3. The number of aromatic nitrogens is 4. The van der Waals surface area contributed by atoms with Gasteiger partial charge in [-0.05, 0) is 69.4 Å². The summed E-state index contributed by atoms with van der Waals surface area (Å²) in [5, 5.41) is 27.2. The van der Waals surface area contributed by atoms with Gasteiger partial charge in [-0.25, -0.2) is 0 Å². The summed E-state index contributed by atoms with van der Waals surface area (Å²) in [4.78, 5) is 36.1. The maximum atomic E-state index is 12.7. The summed E-state index contributed by atoms with van der Waals surface area (Å²) in [5.41, 5.74) is 3.34. The van der Waals surface area contributed by atoms with Crippen LogP contribution in [0, 0.1) is 0 Å². The smallest absolute Gasteiger partial charge is 0.307 e. The number of rotatable bonds is 9. The number of carboxylic acid groups (broad SMARTS) is 1. The van der Waals surface area contributed by atoms with Crippen molar-refractivity contribution in [3.63, 3.8) is 0 Å². The van der Waals surface area contributed by atoms with E-state index in [1.807, 2.05) is 18.2 Å². The first kappa shape index (κ1) is 30.0. The van der Waals surface area contributed by atoms with Gasteiger partial charge in [0, 0.05) is 11.3 Å². The Morgan fingerprint density at radius 3 is 2.32 bits per heavy atom. The Labute approximate surface area is 250 Å². The molecule has 0 aliphatic heterocycles. The van der Waals surface area contributed by atoms with Crippen molar-refractivity contribution in [2.75, 3.05) is 16.4 Å². The van der Waals surface area contributed by atoms with Crippen molar-refractivity contribution in [1.82, 2.24) is 20.2 Å². The highest BCUT2D eigenvalue weighted by Crippen LogP contribution is 2.30. The third kappa shape index (κ3) is 7.84. The zero-order valence-electron chi connectivity index (χ0n) is 22.3. The van der Waals surface area contributed by atoms with Gasteiger partial charge in [0.15, 0.2) is 0 Å². The Kier molecular flexibility index (Phi) is 9.31. The predicted molar refractivity (Wildman–Crippen MR) is 159 cm³/mol. The molecule has 212 valence electrons. The highest BCUT2D eigenvalue weighted by Gasteiger charge is 2.19. The first-order valence-corrected chi connectivity index (χ1v) is 14.1. The summed E-state index contributed by atoms with van der Waals surface area (Å²) in [5.74, 6) is -1.70. The minimum absolute atomic E-state index is 0.00545. The molecule has 4 rings (SSSR count). The van der Waals surface area contributed by atoms with Crippen LogP contribution in [0.15, 0.2) is 65.8 Å². The van der Waals surface area contributed by atoms with Gasteiger partial charge >= 0.3 is 5.97 Å². The third-order valence-electron chi connectivity index (χ3n) is 5.89. The molecule has 1 aromatic heterocycles. The molecular weight excluding hydrogens is 587 g/mol. The van der Waals surface area contributed by atoms with E-state index < -0.39 is 11.9 Å². The fourth-order valence-electron chi connectivity index (χ4n) is 3.72. The van der Waals surface area contributed by atoms with Gasteiger partial charge in [-0.3, -0.25) is 14.4 Å². The molecule has 0 aliphatic carbocycles. The van der Waals surface area contributed by atoms with Gasteiger partial charge in [0.2, 0.25) is 11.1 Å². The van der Waals surface area contributed by atoms with E-state index in [0.29, 0.717) is 32.8 Å². The largest absolute Gasteiger partial charge is 0.481 e. The fraction of sp³-hybridized carbons (Fsp3) is 0.214. The number of amides is 2. The standard InChI is InChI=1S/C28H26Cl2N6O4S/c1-28(2,3)18-7-11-23(21(30)14-18)36-27(33-34-35-36)41-15-24(37)32-22-10-6-17(13-20(22)29)26(40)31-19-8-4-16(5-9-19)12-25(38)39/h4-11,13-14H,12,15H2,1-3H3,(H,31,40)(H,32,37)(H,38,39). The van der Waals surface area contributed by atoms with Crippen LogP contribution in [0.4, 0.5) is 11.4 Å². The molecule has 0 aliphatic rings. The van der Waals surface area contributed by atoms with Crippen molar-refractivity contribution in [3.8, 4) is 5.69 Å². The lowest BCUT2D eigenvalue weighted by Crippen LogP contribution is -2.16. The van der Waals surface area contributed by atoms with E-state index in [2.05, 4.69) is 46.9 Å². The number of hydrogen-bond acceptors (Lipinski definition) is 7. The molecule has 4 aromatic rings. The summed E-state index contributed by atoms with van der Waals surface area (Å²) in [7, 11) is 0. The topological polar surface area (TPSA) is 139 Å². The van der Waals surface area contributed by atoms with Gasteiger partial charge < -0.3 is 15.7 Å². The molecule has 0 bridgehead atoms. The van der Waals surface area contributed by atoms with Crippen molar-refractivity contribution in [2.45, 2.75) is 37.8 Å². The number of aliphatic carboxylic acids is 1. The first-order valence-electron chi connectivity index (χ1n) is 12.3. The van der Waals surface area contributed by atoms with Crippen LogP contribution in [0.25, 0.3) is 5.69 Å². The summed E-state index contributed by atoms with van der Waals surface area (Å²) < 4.78 is 1.48. The molecule has 13 heteroatoms. The van der Waals surface area contributed by atoms with E-state index in [1.54, 1.807) is 24.3 Å². The Morgan fingerprint density at radius 1 is 0.951 bits per heavy atom. The van der Waals surface area contributed by atoms with E-state index in [4.69, 9.17) is 28.3 Å². The predicted octanol–water partition coefficient (Wildman–Crippen LogP) is 5.88. The monoisotopic (exact) mass is 612 g/mol. The normalized spacial score (nSPS) is 11.2. The third-order valence-corrected chi connectivity index (χ3v) is 7.42. The van der Waals surface area contributed by atoms with Crippen LogP contribution in [0.2, 0.25) is 10.0 Å². The number of nitrogens with one attached hydrogen (secondary N) is 2. The second-order valence-corrected chi connectivity index (χ2v) is 11.8. The number of carboxylic acids is 1. The maximum Gasteiger partial charge on any atom is 0.307 e. The van der Waals surface area contributed by atoms with Gasteiger partial charge in [0.05, 0.1) is 33.6 Å². The number of carbonyl (C=O) groups excluding carboxylic acids is 2. The van der Waals surface area contributed by atoms with Crippen LogP contribution >= 0.6 is 35.0 Å². The van der Waals surface area contributed by atoms with Gasteiger partial charge in [0.1, 0.15) is 0 Å². The minimum atomic E-state index is -0.936. The number of hydrogen-bond donors (Lipinski definition) is 3. The maximum absolute atomic E-state index is 12.7. The second-order valence-electron chi connectivity index (χ2n) is 10.0. The van der Waals surface area contributed by atoms with E-state index in [1.165, 1.54) is 22.9 Å². The van der Waals surface area contributed by atoms with Crippen LogP contribution < -0.4 is 10.6 Å². The number of thioether (sulfide) groups is 1. The second kappa shape index (κ2) is 12.7. The lowest BCUT2D eigenvalue weighted by molar-refractivity contribution is -0.136. The van der Waals surface area contributed by atoms with Gasteiger partial charge in [0.25, 0.3) is 5.91 Å². The van der Waals surface area contributed by atoms with Gasteiger partial charge in [-0.15, -0.1) is 5.10 Å². The van der Waals surface area contributed by atoms with Gasteiger partial charge in [-0.2, -0.15) is 4.68 Å². The van der Waals surface area contributed by atoms with E-state index in [-0.39, 0.29) is 34.1 Å². The lowest BCUT2D eigenvalue weighted by atomic mass is 9.87. The Morgan fingerprint density at radius 2 is 1.68 bits per heavy atom. The van der Waals surface area contributed by atoms with Crippen molar-refractivity contribution >= 4 is 64.1 Å². The number of nitrogens with zero attached hydrogens (tertiary/aromatic N) is 4. The quantitative estimate of drug-likeness (QED) is 0.199. The molecule has 41 heavy (non-hydrogen) atoms. The first-order chi connectivity index (χ1) is 19.4. The molecule has 0 atom stereocenters. The summed E-state index contributed by atoms with van der Waals surface area (Å²) >= 11 is 14.0. The molecule has 0 fully saturated rings. The molecule has 1 heterocycles.